The van der Waals surface area contributed by atoms with E-state index in [1.807, 2.05) is 18.7 Å². The van der Waals surface area contributed by atoms with Crippen molar-refractivity contribution >= 4 is 5.57 Å². The van der Waals surface area contributed by atoms with Crippen LogP contribution in [0.5, 0.6) is 0 Å². The molecule has 1 unspecified atom stereocenters. The number of ether oxygens (including phenoxy) is 1. The summed E-state index contributed by atoms with van der Waals surface area (Å²) in [6.45, 7) is 8.94. The Hall–Kier alpha value is -2.17. The highest BCUT2D eigenvalue weighted by atomic mass is 16.5. The van der Waals surface area contributed by atoms with E-state index < -0.39 is 5.60 Å². The molecule has 1 aromatic heterocycles. The topological polar surface area (TPSA) is 45.6 Å². The predicted octanol–water partition coefficient (Wildman–Crippen LogP) is 4.15. The SMILES string of the molecule is CC(C)c1ccc(C(O)(c2cncc(C3=COCC3)c2)C2(C)CN(C)C2)cc1. The second-order valence-corrected chi connectivity index (χ2v) is 8.95. The van der Waals surface area contributed by atoms with Crippen LogP contribution in [0.25, 0.3) is 5.57 Å². The molecule has 1 aromatic carbocycles. The van der Waals surface area contributed by atoms with E-state index >= 15 is 0 Å². The van der Waals surface area contributed by atoms with E-state index in [4.69, 9.17) is 4.74 Å². The molecule has 2 aliphatic heterocycles. The van der Waals surface area contributed by atoms with Gasteiger partial charge in [-0.15, -0.1) is 0 Å². The van der Waals surface area contributed by atoms with Crippen molar-refractivity contribution < 1.29 is 9.84 Å². The van der Waals surface area contributed by atoms with Gasteiger partial charge in [-0.3, -0.25) is 4.98 Å². The van der Waals surface area contributed by atoms with Gasteiger partial charge in [-0.25, -0.2) is 0 Å². The summed E-state index contributed by atoms with van der Waals surface area (Å²) < 4.78 is 5.41. The highest BCUT2D eigenvalue weighted by molar-refractivity contribution is 5.66. The number of hydrogen-bond donors (Lipinski definition) is 1. The van der Waals surface area contributed by atoms with Crippen LogP contribution in [0, 0.1) is 5.41 Å². The number of aliphatic hydroxyl groups is 1. The average Bonchev–Trinajstić information content (AvgIpc) is 3.21. The molecule has 1 atom stereocenters. The third-order valence-corrected chi connectivity index (χ3v) is 6.35. The van der Waals surface area contributed by atoms with Gasteiger partial charge in [0, 0.05) is 42.9 Å². The minimum Gasteiger partial charge on any atom is -0.501 e. The van der Waals surface area contributed by atoms with Crippen molar-refractivity contribution in [3.63, 3.8) is 0 Å². The van der Waals surface area contributed by atoms with E-state index in [0.29, 0.717) is 12.5 Å². The van der Waals surface area contributed by atoms with Crippen molar-refractivity contribution in [3.05, 3.63) is 71.2 Å². The summed E-state index contributed by atoms with van der Waals surface area (Å²) in [5.41, 5.74) is 3.86. The first kappa shape index (κ1) is 19.2. The van der Waals surface area contributed by atoms with Crippen LogP contribution in [0.2, 0.25) is 0 Å². The minimum absolute atomic E-state index is 0.276. The monoisotopic (exact) mass is 378 g/mol. The Bertz CT molecular complexity index is 882. The van der Waals surface area contributed by atoms with E-state index in [-0.39, 0.29) is 5.41 Å². The van der Waals surface area contributed by atoms with E-state index in [2.05, 4.69) is 68.0 Å². The second kappa shape index (κ2) is 7.02. The zero-order valence-electron chi connectivity index (χ0n) is 17.3. The molecule has 3 heterocycles. The molecule has 1 N–H and O–H groups in total. The predicted molar refractivity (Wildman–Crippen MR) is 112 cm³/mol. The largest absolute Gasteiger partial charge is 0.501 e. The number of likely N-dealkylation sites (tertiary alicyclic amines) is 1. The third-order valence-electron chi connectivity index (χ3n) is 6.35. The molecule has 2 aromatic rings. The Morgan fingerprint density at radius 1 is 1.14 bits per heavy atom. The minimum atomic E-state index is -1.10. The first-order valence-corrected chi connectivity index (χ1v) is 10.1. The fraction of sp³-hybridized carbons (Fsp3) is 0.458. The molecule has 0 spiro atoms. The van der Waals surface area contributed by atoms with Crippen molar-refractivity contribution in [1.29, 1.82) is 0 Å². The van der Waals surface area contributed by atoms with Gasteiger partial charge >= 0.3 is 0 Å². The Morgan fingerprint density at radius 2 is 1.86 bits per heavy atom. The molecule has 4 rings (SSSR count). The third kappa shape index (κ3) is 3.05. The lowest BCUT2D eigenvalue weighted by molar-refractivity contribution is -0.127. The Labute approximate surface area is 167 Å². The number of benzene rings is 1. The lowest BCUT2D eigenvalue weighted by atomic mass is 9.62. The van der Waals surface area contributed by atoms with Crippen LogP contribution in [-0.2, 0) is 10.3 Å². The molecule has 0 bridgehead atoms. The number of aromatic nitrogens is 1. The number of hydrogen-bond acceptors (Lipinski definition) is 4. The lowest BCUT2D eigenvalue weighted by Crippen LogP contribution is -2.63. The highest BCUT2D eigenvalue weighted by Gasteiger charge is 2.55. The Kier molecular flexibility index (Phi) is 4.80. The van der Waals surface area contributed by atoms with Crippen LogP contribution in [0.1, 0.15) is 55.4 Å². The van der Waals surface area contributed by atoms with Crippen LogP contribution in [0.15, 0.2) is 49.0 Å². The van der Waals surface area contributed by atoms with Gasteiger partial charge in [0.25, 0.3) is 0 Å². The molecular weight excluding hydrogens is 348 g/mol. The summed E-state index contributed by atoms with van der Waals surface area (Å²) >= 11 is 0. The smallest absolute Gasteiger partial charge is 0.124 e. The van der Waals surface area contributed by atoms with Gasteiger partial charge < -0.3 is 14.7 Å². The number of pyridine rings is 1. The normalized spacial score (nSPS) is 21.0. The molecule has 4 heteroatoms. The molecule has 0 aliphatic carbocycles. The van der Waals surface area contributed by atoms with Crippen LogP contribution in [0.4, 0.5) is 0 Å². The molecule has 4 nitrogen and oxygen atoms in total. The van der Waals surface area contributed by atoms with Gasteiger partial charge in [0.2, 0.25) is 0 Å². The molecule has 148 valence electrons. The molecular formula is C24H30N2O2. The van der Waals surface area contributed by atoms with Crippen LogP contribution >= 0.6 is 0 Å². The Morgan fingerprint density at radius 3 is 2.43 bits per heavy atom. The molecule has 0 radical (unpaired) electrons. The second-order valence-electron chi connectivity index (χ2n) is 8.95. The lowest BCUT2D eigenvalue weighted by Gasteiger charge is -2.56. The summed E-state index contributed by atoms with van der Waals surface area (Å²) in [4.78, 5) is 6.74. The summed E-state index contributed by atoms with van der Waals surface area (Å²) in [6, 6.07) is 10.5. The van der Waals surface area contributed by atoms with Gasteiger partial charge in [-0.2, -0.15) is 0 Å². The van der Waals surface area contributed by atoms with Crippen LogP contribution in [-0.4, -0.2) is 41.7 Å². The van der Waals surface area contributed by atoms with Crippen molar-refractivity contribution in [2.24, 2.45) is 5.41 Å². The zero-order valence-corrected chi connectivity index (χ0v) is 17.3. The number of rotatable bonds is 5. The van der Waals surface area contributed by atoms with E-state index in [1.54, 1.807) is 0 Å². The molecule has 2 aliphatic rings. The molecule has 0 amide bonds. The van der Waals surface area contributed by atoms with Crippen molar-refractivity contribution in [1.82, 2.24) is 9.88 Å². The molecule has 1 saturated heterocycles. The molecule has 1 fully saturated rings. The summed E-state index contributed by atoms with van der Waals surface area (Å²) in [7, 11) is 2.10. The van der Waals surface area contributed by atoms with Crippen LogP contribution in [0.3, 0.4) is 0 Å². The van der Waals surface area contributed by atoms with Gasteiger partial charge in [0.15, 0.2) is 0 Å². The fourth-order valence-corrected chi connectivity index (χ4v) is 4.76. The van der Waals surface area contributed by atoms with E-state index in [9.17, 15) is 5.11 Å². The standard InChI is InChI=1S/C24H30N2O2/c1-17(2)18-5-7-21(8-6-18)24(27,23(3)15-26(4)16-23)22-11-20(12-25-13-22)19-9-10-28-14-19/h5-8,11-14,17,27H,9-10,15-16H2,1-4H3. The van der Waals surface area contributed by atoms with Gasteiger partial charge in [0.05, 0.1) is 12.9 Å². The van der Waals surface area contributed by atoms with E-state index in [1.165, 1.54) is 5.56 Å². The first-order valence-electron chi connectivity index (χ1n) is 10.1. The van der Waals surface area contributed by atoms with Crippen molar-refractivity contribution in [2.45, 2.75) is 38.7 Å². The molecule has 0 saturated carbocycles. The quantitative estimate of drug-likeness (QED) is 0.849. The molecule has 28 heavy (non-hydrogen) atoms. The van der Waals surface area contributed by atoms with E-state index in [0.717, 1.165) is 41.8 Å². The number of nitrogens with zero attached hydrogens (tertiary/aromatic N) is 2. The average molecular weight is 379 g/mol. The maximum atomic E-state index is 12.2. The van der Waals surface area contributed by atoms with Crippen molar-refractivity contribution in [2.75, 3.05) is 26.7 Å². The van der Waals surface area contributed by atoms with Crippen LogP contribution < -0.4 is 0 Å². The fourth-order valence-electron chi connectivity index (χ4n) is 4.76. The maximum absolute atomic E-state index is 12.2. The summed E-state index contributed by atoms with van der Waals surface area (Å²) in [5.74, 6) is 0.465. The Balaban J connectivity index is 1.81. The van der Waals surface area contributed by atoms with Crippen molar-refractivity contribution in [3.8, 4) is 0 Å². The van der Waals surface area contributed by atoms with Gasteiger partial charge in [0.1, 0.15) is 5.60 Å². The first-order chi connectivity index (χ1) is 13.3. The maximum Gasteiger partial charge on any atom is 0.124 e. The summed E-state index contributed by atoms with van der Waals surface area (Å²) in [5, 5.41) is 12.2. The van der Waals surface area contributed by atoms with Gasteiger partial charge in [-0.05, 0) is 41.3 Å². The zero-order chi connectivity index (χ0) is 19.9. The highest BCUT2D eigenvalue weighted by Crippen LogP contribution is 2.50. The van der Waals surface area contributed by atoms with Gasteiger partial charge in [-0.1, -0.05) is 45.0 Å². The summed E-state index contributed by atoms with van der Waals surface area (Å²) in [6.07, 6.45) is 6.38.